The number of rotatable bonds is 7. The van der Waals surface area contributed by atoms with Crippen LogP contribution in [-0.4, -0.2) is 65.9 Å². The highest BCUT2D eigenvalue weighted by Gasteiger charge is 2.28. The Bertz CT molecular complexity index is 524. The molecular weight excluding hydrogens is 292 g/mol. The fraction of sp³-hybridized carbons (Fsp3) is 0.765. The monoisotopic (exact) mass is 320 g/mol. The Kier molecular flexibility index (Phi) is 5.33. The molecule has 2 heterocycles. The summed E-state index contributed by atoms with van der Waals surface area (Å²) in [6, 6.07) is 2.47. The van der Waals surface area contributed by atoms with Crippen molar-refractivity contribution >= 4 is 5.91 Å². The molecule has 0 bridgehead atoms. The number of hydrogen-bond acceptors (Lipinski definition) is 4. The first-order valence-electron chi connectivity index (χ1n) is 8.66. The minimum absolute atomic E-state index is 0.0139. The average molecular weight is 320 g/mol. The highest BCUT2D eigenvalue weighted by Crippen LogP contribution is 2.30. The second kappa shape index (κ2) is 7.45. The molecule has 0 radical (unpaired) electrons. The predicted molar refractivity (Wildman–Crippen MR) is 88.0 cm³/mol. The predicted octanol–water partition coefficient (Wildman–Crippen LogP) is 1.53. The van der Waals surface area contributed by atoms with Crippen LogP contribution >= 0.6 is 0 Å². The molecule has 3 rings (SSSR count). The van der Waals surface area contributed by atoms with Crippen LogP contribution < -0.4 is 0 Å². The van der Waals surface area contributed by atoms with Crippen molar-refractivity contribution in [3.63, 3.8) is 0 Å². The van der Waals surface area contributed by atoms with Crippen molar-refractivity contribution in [2.45, 2.75) is 38.3 Å². The summed E-state index contributed by atoms with van der Waals surface area (Å²) in [5, 5.41) is 4.49. The quantitative estimate of drug-likeness (QED) is 0.715. The Morgan fingerprint density at radius 2 is 2.26 bits per heavy atom. The van der Waals surface area contributed by atoms with Gasteiger partial charge in [-0.25, -0.2) is 0 Å². The van der Waals surface area contributed by atoms with Gasteiger partial charge in [0.05, 0.1) is 11.7 Å². The number of amides is 1. The number of likely N-dealkylation sites (N-methyl/N-ethyl adjacent to an activating group) is 1. The zero-order chi connectivity index (χ0) is 16.2. The molecule has 1 aliphatic carbocycles. The molecule has 1 aromatic heterocycles. The van der Waals surface area contributed by atoms with Crippen molar-refractivity contribution in [1.29, 1.82) is 0 Å². The third kappa shape index (κ3) is 4.12. The Labute approximate surface area is 138 Å². The summed E-state index contributed by atoms with van der Waals surface area (Å²) in [7, 11) is 3.50. The number of aromatic nitrogens is 2. The molecule has 1 atom stereocenters. The van der Waals surface area contributed by atoms with Crippen molar-refractivity contribution in [2.24, 2.45) is 5.92 Å². The van der Waals surface area contributed by atoms with Crippen molar-refractivity contribution in [1.82, 2.24) is 19.6 Å². The van der Waals surface area contributed by atoms with E-state index in [1.54, 1.807) is 19.0 Å². The Balaban J connectivity index is 1.50. The van der Waals surface area contributed by atoms with Gasteiger partial charge < -0.3 is 9.64 Å². The van der Waals surface area contributed by atoms with E-state index in [1.165, 1.54) is 31.5 Å². The summed E-state index contributed by atoms with van der Waals surface area (Å²) >= 11 is 0. The fourth-order valence-corrected chi connectivity index (χ4v) is 3.37. The van der Waals surface area contributed by atoms with Crippen LogP contribution in [0.5, 0.6) is 0 Å². The molecule has 6 heteroatoms. The van der Waals surface area contributed by atoms with Gasteiger partial charge in [0, 0.05) is 46.5 Å². The lowest BCUT2D eigenvalue weighted by Gasteiger charge is -2.38. The van der Waals surface area contributed by atoms with Gasteiger partial charge in [0.25, 0.3) is 0 Å². The molecule has 0 N–H and O–H groups in total. The maximum Gasteiger partial charge on any atom is 0.248 e. The van der Waals surface area contributed by atoms with Crippen molar-refractivity contribution < 1.29 is 9.53 Å². The molecule has 0 aromatic carbocycles. The molecule has 1 aliphatic heterocycles. The summed E-state index contributed by atoms with van der Waals surface area (Å²) in [4.78, 5) is 15.7. The lowest BCUT2D eigenvalue weighted by molar-refractivity contribution is -0.133. The Hall–Kier alpha value is -1.40. The van der Waals surface area contributed by atoms with E-state index in [4.69, 9.17) is 4.74 Å². The van der Waals surface area contributed by atoms with Gasteiger partial charge in [-0.15, -0.1) is 0 Å². The van der Waals surface area contributed by atoms with Crippen LogP contribution in [0, 0.1) is 5.92 Å². The molecule has 0 saturated heterocycles. The fourth-order valence-electron chi connectivity index (χ4n) is 3.37. The highest BCUT2D eigenvalue weighted by molar-refractivity contribution is 5.76. The number of hydrogen-bond donors (Lipinski definition) is 0. The Morgan fingerprint density at radius 3 is 2.96 bits per heavy atom. The third-order valence-corrected chi connectivity index (χ3v) is 5.01. The minimum Gasteiger partial charge on any atom is -0.372 e. The molecule has 1 aromatic rings. The second-order valence-corrected chi connectivity index (χ2v) is 7.04. The van der Waals surface area contributed by atoms with E-state index in [-0.39, 0.29) is 12.5 Å². The minimum atomic E-state index is 0.0139. The molecule has 1 fully saturated rings. The number of ether oxygens (including phenoxy) is 1. The summed E-state index contributed by atoms with van der Waals surface area (Å²) in [5.41, 5.74) is 1.30. The van der Waals surface area contributed by atoms with Gasteiger partial charge in [0.1, 0.15) is 6.61 Å². The normalized spacial score (nSPS) is 21.7. The molecule has 2 aliphatic rings. The molecule has 23 heavy (non-hydrogen) atoms. The average Bonchev–Trinajstić information content (AvgIpc) is 2.95. The van der Waals surface area contributed by atoms with Gasteiger partial charge in [-0.2, -0.15) is 5.10 Å². The van der Waals surface area contributed by atoms with E-state index < -0.39 is 0 Å². The third-order valence-electron chi connectivity index (χ3n) is 5.01. The van der Waals surface area contributed by atoms with Crippen LogP contribution in [0.4, 0.5) is 0 Å². The highest BCUT2D eigenvalue weighted by atomic mass is 16.5. The first-order chi connectivity index (χ1) is 11.1. The van der Waals surface area contributed by atoms with Crippen LogP contribution in [0.25, 0.3) is 0 Å². The van der Waals surface area contributed by atoms with Gasteiger partial charge >= 0.3 is 0 Å². The molecule has 1 amide bonds. The largest absolute Gasteiger partial charge is 0.372 e. The first kappa shape index (κ1) is 16.5. The van der Waals surface area contributed by atoms with Crippen LogP contribution in [0.3, 0.4) is 0 Å². The molecule has 128 valence electrons. The summed E-state index contributed by atoms with van der Waals surface area (Å²) in [6.45, 7) is 4.02. The van der Waals surface area contributed by atoms with E-state index in [9.17, 15) is 4.79 Å². The van der Waals surface area contributed by atoms with Crippen LogP contribution in [0.1, 0.15) is 37.4 Å². The van der Waals surface area contributed by atoms with E-state index in [2.05, 4.69) is 20.7 Å². The summed E-state index contributed by atoms with van der Waals surface area (Å²) in [6.07, 6.45) is 6.96. The van der Waals surface area contributed by atoms with E-state index in [0.717, 1.165) is 25.4 Å². The van der Waals surface area contributed by atoms with E-state index >= 15 is 0 Å². The maximum absolute atomic E-state index is 11.5. The van der Waals surface area contributed by atoms with E-state index in [1.807, 2.05) is 6.20 Å². The van der Waals surface area contributed by atoms with Crippen LogP contribution in [0.15, 0.2) is 12.3 Å². The number of fused-ring (bicyclic) bond motifs is 1. The molecular formula is C17H28N4O2. The first-order valence-corrected chi connectivity index (χ1v) is 8.66. The zero-order valence-electron chi connectivity index (χ0n) is 14.3. The Morgan fingerprint density at radius 1 is 1.43 bits per heavy atom. The smallest absolute Gasteiger partial charge is 0.248 e. The van der Waals surface area contributed by atoms with Gasteiger partial charge in [0.2, 0.25) is 5.91 Å². The molecule has 1 unspecified atom stereocenters. The number of carbonyl (C=O) groups is 1. The van der Waals surface area contributed by atoms with Crippen LogP contribution in [0.2, 0.25) is 0 Å². The topological polar surface area (TPSA) is 50.6 Å². The zero-order valence-corrected chi connectivity index (χ0v) is 14.3. The standard InChI is InChI=1S/C17H28N4O2/c1-19(2)17(22)13-23-9-7-16-12-20(10-14-4-3-5-14)11-15-6-8-18-21(15)16/h6,8,14,16H,3-5,7,9-13H2,1-2H3. The molecule has 0 spiro atoms. The second-order valence-electron chi connectivity index (χ2n) is 7.04. The van der Waals surface area contributed by atoms with Crippen LogP contribution in [-0.2, 0) is 16.1 Å². The van der Waals surface area contributed by atoms with Gasteiger partial charge in [-0.05, 0) is 31.2 Å². The lowest BCUT2D eigenvalue weighted by atomic mass is 9.85. The van der Waals surface area contributed by atoms with E-state index in [0.29, 0.717) is 12.6 Å². The molecule has 1 saturated carbocycles. The maximum atomic E-state index is 11.5. The number of carbonyl (C=O) groups excluding carboxylic acids is 1. The lowest BCUT2D eigenvalue weighted by Crippen LogP contribution is -2.41. The van der Waals surface area contributed by atoms with Crippen molar-refractivity contribution in [2.75, 3.05) is 40.4 Å². The van der Waals surface area contributed by atoms with Gasteiger partial charge in [-0.3, -0.25) is 14.4 Å². The van der Waals surface area contributed by atoms with Gasteiger partial charge in [0.15, 0.2) is 0 Å². The van der Waals surface area contributed by atoms with Crippen molar-refractivity contribution in [3.05, 3.63) is 18.0 Å². The molecule has 6 nitrogen and oxygen atoms in total. The van der Waals surface area contributed by atoms with Crippen molar-refractivity contribution in [3.8, 4) is 0 Å². The number of nitrogens with zero attached hydrogens (tertiary/aromatic N) is 4. The SMILES string of the molecule is CN(C)C(=O)COCCC1CN(CC2CCC2)Cc2ccnn21. The summed E-state index contributed by atoms with van der Waals surface area (Å²) in [5.74, 6) is 0.902. The van der Waals surface area contributed by atoms with Gasteiger partial charge in [-0.1, -0.05) is 6.42 Å². The summed E-state index contributed by atoms with van der Waals surface area (Å²) < 4.78 is 7.70.